The minimum absolute atomic E-state index is 0.0716. The highest BCUT2D eigenvalue weighted by atomic mass is 32.1. The van der Waals surface area contributed by atoms with E-state index >= 15 is 0 Å². The predicted octanol–water partition coefficient (Wildman–Crippen LogP) is 3.07. The summed E-state index contributed by atoms with van der Waals surface area (Å²) in [5.41, 5.74) is 1.35. The molecule has 5 nitrogen and oxygen atoms in total. The molecule has 1 N–H and O–H groups in total. The zero-order valence-electron chi connectivity index (χ0n) is 14.6. The Kier molecular flexibility index (Phi) is 5.81. The summed E-state index contributed by atoms with van der Waals surface area (Å²) in [6.07, 6.45) is 1.22. The molecule has 0 saturated carbocycles. The van der Waals surface area contributed by atoms with E-state index in [0.717, 1.165) is 23.5 Å². The number of hydrogen-bond donors (Lipinski definition) is 1. The second kappa shape index (κ2) is 7.45. The van der Waals surface area contributed by atoms with Gasteiger partial charge < -0.3 is 10.1 Å². The second-order valence-electron chi connectivity index (χ2n) is 6.67. The molecule has 2 atom stereocenters. The monoisotopic (exact) mass is 338 g/mol. The molecule has 128 valence electrons. The molecule has 2 heterocycles. The molecule has 2 rings (SSSR count). The number of carbonyl (C=O) groups excluding carboxylic acids is 2. The summed E-state index contributed by atoms with van der Waals surface area (Å²) in [5.74, 6) is 0.756. The van der Waals surface area contributed by atoms with Gasteiger partial charge in [0.05, 0.1) is 19.2 Å². The van der Waals surface area contributed by atoms with Gasteiger partial charge >= 0.3 is 5.97 Å². The van der Waals surface area contributed by atoms with Crippen molar-refractivity contribution in [1.29, 1.82) is 0 Å². The van der Waals surface area contributed by atoms with Crippen molar-refractivity contribution in [3.8, 4) is 0 Å². The number of aryl methyl sites for hydroxylation is 1. The first-order valence-electron chi connectivity index (χ1n) is 8.02. The van der Waals surface area contributed by atoms with Gasteiger partial charge in [0.1, 0.15) is 5.00 Å². The molecule has 1 aliphatic heterocycles. The summed E-state index contributed by atoms with van der Waals surface area (Å²) in [5, 5.41) is 3.49. The molecule has 1 aromatic heterocycles. The first kappa shape index (κ1) is 17.9. The average molecular weight is 338 g/mol. The molecule has 1 aliphatic rings. The highest BCUT2D eigenvalue weighted by molar-refractivity contribution is 7.16. The number of methoxy groups -OCH3 is 1. The molecule has 1 saturated heterocycles. The number of ether oxygens (including phenoxy) is 1. The molecule has 0 radical (unpaired) electrons. The predicted molar refractivity (Wildman–Crippen MR) is 93.1 cm³/mol. The summed E-state index contributed by atoms with van der Waals surface area (Å²) in [4.78, 5) is 27.5. The number of likely N-dealkylation sites (tertiary alicyclic amines) is 1. The minimum atomic E-state index is -0.401. The van der Waals surface area contributed by atoms with Crippen LogP contribution in [0.3, 0.4) is 0 Å². The van der Waals surface area contributed by atoms with Crippen molar-refractivity contribution in [3.63, 3.8) is 0 Å². The number of carbonyl (C=O) groups is 2. The van der Waals surface area contributed by atoms with Crippen molar-refractivity contribution in [2.45, 2.75) is 34.1 Å². The van der Waals surface area contributed by atoms with Crippen LogP contribution in [0.15, 0.2) is 0 Å². The van der Waals surface area contributed by atoms with Crippen LogP contribution in [0, 0.1) is 25.7 Å². The highest BCUT2D eigenvalue weighted by Gasteiger charge is 2.25. The van der Waals surface area contributed by atoms with Gasteiger partial charge in [-0.25, -0.2) is 4.79 Å². The number of nitrogens with zero attached hydrogens (tertiary/aromatic N) is 1. The summed E-state index contributed by atoms with van der Waals surface area (Å²) in [7, 11) is 1.36. The minimum Gasteiger partial charge on any atom is -0.465 e. The lowest BCUT2D eigenvalue weighted by molar-refractivity contribution is -0.117. The lowest BCUT2D eigenvalue weighted by Gasteiger charge is -2.34. The van der Waals surface area contributed by atoms with Crippen LogP contribution < -0.4 is 5.32 Å². The fourth-order valence-corrected chi connectivity index (χ4v) is 4.42. The van der Waals surface area contributed by atoms with Crippen molar-refractivity contribution in [2.75, 3.05) is 32.1 Å². The summed E-state index contributed by atoms with van der Waals surface area (Å²) in [6.45, 7) is 10.5. The maximum absolute atomic E-state index is 12.4. The quantitative estimate of drug-likeness (QED) is 0.857. The maximum Gasteiger partial charge on any atom is 0.341 e. The van der Waals surface area contributed by atoms with Gasteiger partial charge in [0, 0.05) is 18.0 Å². The lowest BCUT2D eigenvalue weighted by atomic mass is 9.92. The van der Waals surface area contributed by atoms with Gasteiger partial charge in [-0.05, 0) is 37.7 Å². The number of rotatable bonds is 4. The standard InChI is InChI=1S/C17H26N2O3S/c1-10-6-11(2)8-19(7-10)9-14(20)18-16-15(17(21)22-5)12(3)13(4)23-16/h10-11H,6-9H2,1-5H3,(H,18,20). The topological polar surface area (TPSA) is 58.6 Å². The molecular formula is C17H26N2O3S. The molecule has 0 spiro atoms. The SMILES string of the molecule is COC(=O)c1c(NC(=O)CN2CC(C)CC(C)C2)sc(C)c1C. The van der Waals surface area contributed by atoms with Crippen LogP contribution in [0.25, 0.3) is 0 Å². The Labute approximate surface area is 142 Å². The van der Waals surface area contributed by atoms with Gasteiger partial charge in [-0.3, -0.25) is 9.69 Å². The number of hydrogen-bond acceptors (Lipinski definition) is 5. The van der Waals surface area contributed by atoms with Crippen LogP contribution in [0.2, 0.25) is 0 Å². The number of esters is 1. The second-order valence-corrected chi connectivity index (χ2v) is 7.89. The van der Waals surface area contributed by atoms with Crippen molar-refractivity contribution in [3.05, 3.63) is 16.0 Å². The fourth-order valence-electron chi connectivity index (χ4n) is 3.35. The molecular weight excluding hydrogens is 312 g/mol. The van der Waals surface area contributed by atoms with E-state index in [1.807, 2.05) is 13.8 Å². The number of amides is 1. The molecule has 1 aromatic rings. The lowest BCUT2D eigenvalue weighted by Crippen LogP contribution is -2.42. The number of nitrogens with one attached hydrogen (secondary N) is 1. The number of thiophene rings is 1. The zero-order valence-corrected chi connectivity index (χ0v) is 15.4. The van der Waals surface area contributed by atoms with E-state index in [1.165, 1.54) is 24.9 Å². The van der Waals surface area contributed by atoms with E-state index in [4.69, 9.17) is 4.74 Å². The molecule has 23 heavy (non-hydrogen) atoms. The average Bonchev–Trinajstić information content (AvgIpc) is 2.71. The molecule has 0 aromatic carbocycles. The van der Waals surface area contributed by atoms with Crippen LogP contribution in [0.4, 0.5) is 5.00 Å². The van der Waals surface area contributed by atoms with Gasteiger partial charge in [-0.1, -0.05) is 13.8 Å². The normalized spacial score (nSPS) is 22.0. The van der Waals surface area contributed by atoms with E-state index < -0.39 is 5.97 Å². The summed E-state index contributed by atoms with van der Waals surface area (Å²) >= 11 is 1.42. The van der Waals surface area contributed by atoms with Gasteiger partial charge in [-0.2, -0.15) is 0 Å². The van der Waals surface area contributed by atoms with Crippen molar-refractivity contribution in [1.82, 2.24) is 4.90 Å². The van der Waals surface area contributed by atoms with Crippen LogP contribution in [0.1, 0.15) is 41.1 Å². The largest absolute Gasteiger partial charge is 0.465 e. The number of anilines is 1. The van der Waals surface area contributed by atoms with Gasteiger partial charge in [-0.15, -0.1) is 11.3 Å². The van der Waals surface area contributed by atoms with Crippen LogP contribution in [-0.4, -0.2) is 43.5 Å². The Morgan fingerprint density at radius 2 is 1.87 bits per heavy atom. The first-order chi connectivity index (χ1) is 10.8. The van der Waals surface area contributed by atoms with E-state index in [0.29, 0.717) is 28.9 Å². The Morgan fingerprint density at radius 3 is 2.43 bits per heavy atom. The van der Waals surface area contributed by atoms with Gasteiger partial charge in [0.25, 0.3) is 0 Å². The molecule has 0 bridgehead atoms. The molecule has 0 aliphatic carbocycles. The van der Waals surface area contributed by atoms with E-state index in [-0.39, 0.29) is 5.91 Å². The van der Waals surface area contributed by atoms with E-state index in [2.05, 4.69) is 24.1 Å². The Bertz CT molecular complexity index is 587. The smallest absolute Gasteiger partial charge is 0.341 e. The Balaban J connectivity index is 2.06. The van der Waals surface area contributed by atoms with E-state index in [9.17, 15) is 9.59 Å². The highest BCUT2D eigenvalue weighted by Crippen LogP contribution is 2.33. The zero-order chi connectivity index (χ0) is 17.1. The summed E-state index contributed by atoms with van der Waals surface area (Å²) in [6, 6.07) is 0. The Morgan fingerprint density at radius 1 is 1.26 bits per heavy atom. The Hall–Kier alpha value is -1.40. The van der Waals surface area contributed by atoms with E-state index in [1.54, 1.807) is 0 Å². The number of piperidine rings is 1. The molecule has 2 unspecified atom stereocenters. The third-order valence-electron chi connectivity index (χ3n) is 4.34. The van der Waals surface area contributed by atoms with Crippen molar-refractivity contribution in [2.24, 2.45) is 11.8 Å². The molecule has 1 amide bonds. The van der Waals surface area contributed by atoms with Crippen LogP contribution >= 0.6 is 11.3 Å². The fraction of sp³-hybridized carbons (Fsp3) is 0.647. The van der Waals surface area contributed by atoms with Crippen LogP contribution in [-0.2, 0) is 9.53 Å². The van der Waals surface area contributed by atoms with Crippen LogP contribution in [0.5, 0.6) is 0 Å². The third kappa shape index (κ3) is 4.32. The summed E-state index contributed by atoms with van der Waals surface area (Å²) < 4.78 is 4.84. The molecule has 1 fully saturated rings. The van der Waals surface area contributed by atoms with Crippen molar-refractivity contribution < 1.29 is 14.3 Å². The third-order valence-corrected chi connectivity index (χ3v) is 5.46. The molecule has 6 heteroatoms. The van der Waals surface area contributed by atoms with Gasteiger partial charge in [0.15, 0.2) is 0 Å². The first-order valence-corrected chi connectivity index (χ1v) is 8.84. The maximum atomic E-state index is 12.4. The van der Waals surface area contributed by atoms with Gasteiger partial charge in [0.2, 0.25) is 5.91 Å². The van der Waals surface area contributed by atoms with Crippen molar-refractivity contribution >= 4 is 28.2 Å².